The van der Waals surface area contributed by atoms with Gasteiger partial charge in [0, 0.05) is 18.2 Å². The van der Waals surface area contributed by atoms with E-state index in [1.165, 1.54) is 5.92 Å². The molecule has 1 radical (unpaired) electrons. The Kier molecular flexibility index (Phi) is 1.63. The van der Waals surface area contributed by atoms with Gasteiger partial charge in [0.25, 0.3) is 0 Å². The van der Waals surface area contributed by atoms with E-state index in [4.69, 9.17) is 5.41 Å². The fourth-order valence-corrected chi connectivity index (χ4v) is 0.887. The zero-order valence-electron chi connectivity index (χ0n) is 5.12. The Bertz CT molecular complexity index is 92.7. The Labute approximate surface area is 49.8 Å². The van der Waals surface area contributed by atoms with Crippen LogP contribution in [0.25, 0.3) is 0 Å². The van der Waals surface area contributed by atoms with Gasteiger partial charge in [-0.25, -0.2) is 0 Å². The minimum absolute atomic E-state index is 0.745. The monoisotopic (exact) mass is 111 g/mol. The highest BCUT2D eigenvalue weighted by Crippen LogP contribution is 2.10. The van der Waals surface area contributed by atoms with Crippen molar-refractivity contribution in [2.45, 2.75) is 13.3 Å². The van der Waals surface area contributed by atoms with Crippen molar-refractivity contribution in [1.29, 1.82) is 5.41 Å². The highest BCUT2D eigenvalue weighted by Gasteiger charge is 2.15. The zero-order chi connectivity index (χ0) is 5.98. The van der Waals surface area contributed by atoms with Crippen molar-refractivity contribution in [1.82, 2.24) is 5.32 Å². The molecule has 1 rings (SSSR count). The van der Waals surface area contributed by atoms with E-state index in [0.29, 0.717) is 0 Å². The Morgan fingerprint density at radius 2 is 2.50 bits per heavy atom. The molecule has 0 bridgehead atoms. The summed E-state index contributed by atoms with van der Waals surface area (Å²) in [7, 11) is 0. The van der Waals surface area contributed by atoms with E-state index in [-0.39, 0.29) is 0 Å². The van der Waals surface area contributed by atoms with Crippen LogP contribution < -0.4 is 5.32 Å². The van der Waals surface area contributed by atoms with Gasteiger partial charge in [-0.3, -0.25) is 0 Å². The van der Waals surface area contributed by atoms with Gasteiger partial charge in [0.05, 0.1) is 0 Å². The van der Waals surface area contributed by atoms with Gasteiger partial charge in [-0.2, -0.15) is 0 Å². The van der Waals surface area contributed by atoms with Crippen molar-refractivity contribution >= 4 is 5.71 Å². The van der Waals surface area contributed by atoms with Gasteiger partial charge in [-0.05, 0) is 19.9 Å². The molecule has 1 fully saturated rings. The lowest BCUT2D eigenvalue weighted by atomic mass is 10.1. The van der Waals surface area contributed by atoms with Crippen LogP contribution in [0.15, 0.2) is 0 Å². The molecule has 0 aromatic rings. The molecule has 8 heavy (non-hydrogen) atoms. The molecule has 0 amide bonds. The summed E-state index contributed by atoms with van der Waals surface area (Å²) < 4.78 is 0. The maximum absolute atomic E-state index is 7.21. The minimum atomic E-state index is 0.745. The first-order valence-corrected chi connectivity index (χ1v) is 2.91. The van der Waals surface area contributed by atoms with Crippen LogP contribution >= 0.6 is 0 Å². The molecule has 1 saturated heterocycles. The van der Waals surface area contributed by atoms with Gasteiger partial charge in [0.2, 0.25) is 0 Å². The maximum Gasteiger partial charge on any atom is 0.0334 e. The molecule has 2 heteroatoms. The van der Waals surface area contributed by atoms with E-state index >= 15 is 0 Å². The van der Waals surface area contributed by atoms with E-state index in [1.54, 1.807) is 0 Å². The van der Waals surface area contributed by atoms with Crippen molar-refractivity contribution in [2.75, 3.05) is 13.1 Å². The first-order chi connectivity index (χ1) is 3.80. The smallest absolute Gasteiger partial charge is 0.0334 e. The van der Waals surface area contributed by atoms with Crippen LogP contribution in [0, 0.1) is 11.3 Å². The largest absolute Gasteiger partial charge is 0.316 e. The Morgan fingerprint density at radius 1 is 1.75 bits per heavy atom. The highest BCUT2D eigenvalue weighted by atomic mass is 14.9. The molecule has 45 valence electrons. The van der Waals surface area contributed by atoms with Crippen LogP contribution in [-0.2, 0) is 0 Å². The third-order valence-electron chi connectivity index (χ3n) is 1.47. The summed E-state index contributed by atoms with van der Waals surface area (Å²) in [4.78, 5) is 0. The topological polar surface area (TPSA) is 35.9 Å². The molecular weight excluding hydrogens is 100 g/mol. The highest BCUT2D eigenvalue weighted by molar-refractivity contribution is 5.92. The lowest BCUT2D eigenvalue weighted by Gasteiger charge is -2.01. The normalized spacial score (nSPS) is 21.6. The first kappa shape index (κ1) is 5.76. The molecule has 2 N–H and O–H groups in total. The van der Waals surface area contributed by atoms with Gasteiger partial charge >= 0.3 is 0 Å². The van der Waals surface area contributed by atoms with Crippen molar-refractivity contribution in [2.24, 2.45) is 0 Å². The average Bonchev–Trinajstić information content (AvgIpc) is 2.12. The third-order valence-corrected chi connectivity index (χ3v) is 1.47. The zero-order valence-corrected chi connectivity index (χ0v) is 5.12. The van der Waals surface area contributed by atoms with Crippen LogP contribution in [0.3, 0.4) is 0 Å². The van der Waals surface area contributed by atoms with Gasteiger partial charge in [-0.15, -0.1) is 0 Å². The molecular formula is C6H11N2. The lowest BCUT2D eigenvalue weighted by molar-refractivity contribution is 0.861. The number of hydrogen-bond acceptors (Lipinski definition) is 2. The third kappa shape index (κ3) is 1.07. The molecule has 2 nitrogen and oxygen atoms in total. The summed E-state index contributed by atoms with van der Waals surface area (Å²) in [6, 6.07) is 0. The standard InChI is InChI=1S/C6H11N2/c1-5(7)6-2-3-8-4-6/h7-8H,2-4H2,1H3. The molecule has 0 aliphatic carbocycles. The van der Waals surface area contributed by atoms with Crippen molar-refractivity contribution < 1.29 is 0 Å². The van der Waals surface area contributed by atoms with E-state index < -0.39 is 0 Å². The summed E-state index contributed by atoms with van der Waals surface area (Å²) in [6.45, 7) is 3.85. The summed E-state index contributed by atoms with van der Waals surface area (Å²) in [5.41, 5.74) is 0.745. The maximum atomic E-state index is 7.21. The second-order valence-corrected chi connectivity index (χ2v) is 2.16. The predicted molar refractivity (Wildman–Crippen MR) is 34.1 cm³/mol. The Balaban J connectivity index is 2.35. The molecule has 1 aliphatic rings. The van der Waals surface area contributed by atoms with Crippen molar-refractivity contribution in [3.05, 3.63) is 5.92 Å². The summed E-state index contributed by atoms with van der Waals surface area (Å²) >= 11 is 0. The van der Waals surface area contributed by atoms with Crippen LogP contribution in [0.1, 0.15) is 13.3 Å². The van der Waals surface area contributed by atoms with E-state index in [9.17, 15) is 0 Å². The Hall–Kier alpha value is -0.370. The molecule has 0 aromatic heterocycles. The molecule has 0 saturated carbocycles. The van der Waals surface area contributed by atoms with Crippen LogP contribution in [0.5, 0.6) is 0 Å². The fraction of sp³-hybridized carbons (Fsp3) is 0.667. The second-order valence-electron chi connectivity index (χ2n) is 2.16. The predicted octanol–water partition coefficient (Wildman–Crippen LogP) is 0.594. The molecule has 0 atom stereocenters. The summed E-state index contributed by atoms with van der Waals surface area (Å²) in [6.07, 6.45) is 1.08. The molecule has 0 aromatic carbocycles. The first-order valence-electron chi connectivity index (χ1n) is 2.91. The van der Waals surface area contributed by atoms with Gasteiger partial charge in [-0.1, -0.05) is 0 Å². The summed E-state index contributed by atoms with van der Waals surface area (Å²) in [5, 5.41) is 10.4. The van der Waals surface area contributed by atoms with Crippen LogP contribution in [0.2, 0.25) is 0 Å². The second kappa shape index (κ2) is 2.27. The quantitative estimate of drug-likeness (QED) is 0.477. The number of nitrogens with one attached hydrogen (secondary N) is 2. The SMILES string of the molecule is CC(=N)[C]1CCNC1. The number of rotatable bonds is 1. The Morgan fingerprint density at radius 3 is 2.75 bits per heavy atom. The van der Waals surface area contributed by atoms with Gasteiger partial charge < -0.3 is 10.7 Å². The molecule has 1 heterocycles. The molecule has 0 spiro atoms. The van der Waals surface area contributed by atoms with E-state index in [2.05, 4.69) is 5.32 Å². The van der Waals surface area contributed by atoms with Crippen molar-refractivity contribution in [3.63, 3.8) is 0 Å². The van der Waals surface area contributed by atoms with E-state index in [1.807, 2.05) is 6.92 Å². The molecule has 0 unspecified atom stereocenters. The van der Waals surface area contributed by atoms with Gasteiger partial charge in [0.15, 0.2) is 0 Å². The van der Waals surface area contributed by atoms with Crippen LogP contribution in [-0.4, -0.2) is 18.8 Å². The van der Waals surface area contributed by atoms with E-state index in [0.717, 1.165) is 25.2 Å². The van der Waals surface area contributed by atoms with Crippen molar-refractivity contribution in [3.8, 4) is 0 Å². The summed E-state index contributed by atoms with van der Waals surface area (Å²) in [5.74, 6) is 1.27. The lowest BCUT2D eigenvalue weighted by Crippen LogP contribution is -2.12. The van der Waals surface area contributed by atoms with Gasteiger partial charge in [0.1, 0.15) is 0 Å². The number of hydrogen-bond donors (Lipinski definition) is 2. The fourth-order valence-electron chi connectivity index (χ4n) is 0.887. The minimum Gasteiger partial charge on any atom is -0.316 e. The van der Waals surface area contributed by atoms with Crippen LogP contribution in [0.4, 0.5) is 0 Å². The molecule has 1 aliphatic heterocycles. The average molecular weight is 111 g/mol.